The van der Waals surface area contributed by atoms with Crippen molar-refractivity contribution < 1.29 is 34.0 Å². The van der Waals surface area contributed by atoms with Crippen molar-refractivity contribution in [1.29, 1.82) is 0 Å². The van der Waals surface area contributed by atoms with Gasteiger partial charge in [0.15, 0.2) is 0 Å². The molecule has 3 aromatic carbocycles. The third-order valence-corrected chi connectivity index (χ3v) is 6.89. The average molecular weight is 640 g/mol. The maximum atomic E-state index is 12.0. The number of aliphatic hydroxyl groups excluding tert-OH is 2. The molecule has 2 amide bonds. The number of hydrogen-bond acceptors (Lipinski definition) is 7. The molecule has 0 spiro atoms. The van der Waals surface area contributed by atoms with Crippen LogP contribution in [0.4, 0.5) is 0 Å². The largest absolute Gasteiger partial charge is 0.387 e. The summed E-state index contributed by atoms with van der Waals surface area (Å²) in [6.45, 7) is -1.06. The highest BCUT2D eigenvalue weighted by Crippen LogP contribution is 2.20. The van der Waals surface area contributed by atoms with Crippen LogP contribution in [0.15, 0.2) is 72.8 Å². The number of carbonyl (C=O) groups is 2. The van der Waals surface area contributed by atoms with E-state index in [-0.39, 0.29) is 32.9 Å². The Balaban J connectivity index is 1.91. The van der Waals surface area contributed by atoms with Crippen molar-refractivity contribution in [3.8, 4) is 0 Å². The lowest BCUT2D eigenvalue weighted by Crippen LogP contribution is -2.52. The van der Waals surface area contributed by atoms with Gasteiger partial charge >= 0.3 is 0 Å². The molecule has 0 bridgehead atoms. The lowest BCUT2D eigenvalue weighted by atomic mass is 10.1. The molecule has 2 atom stereocenters. The van der Waals surface area contributed by atoms with Crippen molar-refractivity contribution in [1.82, 2.24) is 10.6 Å². The maximum absolute atomic E-state index is 12.0. The van der Waals surface area contributed by atoms with E-state index >= 15 is 0 Å². The van der Waals surface area contributed by atoms with E-state index in [4.69, 9.17) is 49.0 Å². The summed E-state index contributed by atoms with van der Waals surface area (Å²) < 4.78 is 18.9. The summed E-state index contributed by atoms with van der Waals surface area (Å²) in [6, 6.07) is 21.3. The number of ether oxygens (including phenoxy) is 3. The Morgan fingerprint density at radius 2 is 0.881 bits per heavy atom. The quantitative estimate of drug-likeness (QED) is 0.176. The minimum Gasteiger partial charge on any atom is -0.387 e. The summed E-state index contributed by atoms with van der Waals surface area (Å²) >= 11 is 18.1. The zero-order valence-electron chi connectivity index (χ0n) is 22.7. The first-order chi connectivity index (χ1) is 20.3. The summed E-state index contributed by atoms with van der Waals surface area (Å²) in [5, 5.41) is 25.6. The van der Waals surface area contributed by atoms with E-state index in [1.807, 2.05) is 36.4 Å². The first kappa shape index (κ1) is 33.8. The monoisotopic (exact) mass is 638 g/mol. The molecule has 3 aromatic rings. The molecule has 0 radical (unpaired) electrons. The number of halogens is 3. The average Bonchev–Trinajstić information content (AvgIpc) is 3.00. The maximum Gasteiger partial charge on any atom is 0.245 e. The Hall–Kier alpha value is -2.73. The predicted molar refractivity (Wildman–Crippen MR) is 160 cm³/mol. The highest BCUT2D eigenvalue weighted by atomic mass is 35.5. The van der Waals surface area contributed by atoms with Crippen LogP contribution in [0.2, 0.25) is 15.1 Å². The fraction of sp³-hybridized carbons (Fsp3) is 0.333. The molecule has 0 aliphatic carbocycles. The normalized spacial score (nSPS) is 12.6. The first-order valence-corrected chi connectivity index (χ1v) is 14.2. The molecule has 0 fully saturated rings. The number of aliphatic hydroxyl groups is 2. The first-order valence-electron chi connectivity index (χ1n) is 13.1. The Morgan fingerprint density at radius 1 is 0.571 bits per heavy atom. The number of nitrogens with one attached hydrogen (secondary N) is 2. The second-order valence-corrected chi connectivity index (χ2v) is 10.6. The van der Waals surface area contributed by atoms with E-state index in [0.29, 0.717) is 15.1 Å². The van der Waals surface area contributed by atoms with E-state index in [1.165, 1.54) is 0 Å². The van der Waals surface area contributed by atoms with Gasteiger partial charge in [0, 0.05) is 28.2 Å². The van der Waals surface area contributed by atoms with Crippen LogP contribution in [0.25, 0.3) is 0 Å². The number of benzene rings is 3. The van der Waals surface area contributed by atoms with Crippen LogP contribution in [0, 0.1) is 0 Å². The van der Waals surface area contributed by atoms with Crippen molar-refractivity contribution in [3.05, 3.63) is 105 Å². The van der Waals surface area contributed by atoms with Gasteiger partial charge in [0.2, 0.25) is 11.8 Å². The molecule has 226 valence electrons. The fourth-order valence-electron chi connectivity index (χ4n) is 3.88. The molecule has 0 unspecified atom stereocenters. The van der Waals surface area contributed by atoms with E-state index in [9.17, 15) is 19.8 Å². The van der Waals surface area contributed by atoms with Gasteiger partial charge in [-0.1, -0.05) is 71.2 Å². The van der Waals surface area contributed by atoms with E-state index in [1.54, 1.807) is 36.4 Å². The van der Waals surface area contributed by atoms with E-state index in [0.717, 1.165) is 16.7 Å². The second kappa shape index (κ2) is 18.0. The lowest BCUT2D eigenvalue weighted by Gasteiger charge is -2.34. The summed E-state index contributed by atoms with van der Waals surface area (Å²) in [4.78, 5) is 24.0. The molecule has 4 N–H and O–H groups in total. The number of amides is 2. The zero-order valence-corrected chi connectivity index (χ0v) is 24.9. The molecule has 0 aliphatic rings. The van der Waals surface area contributed by atoms with Gasteiger partial charge in [0.25, 0.3) is 0 Å². The van der Waals surface area contributed by atoms with Gasteiger partial charge in [-0.2, -0.15) is 0 Å². The molecular formula is C30H33Cl3N2O7. The van der Waals surface area contributed by atoms with Crippen LogP contribution in [-0.4, -0.2) is 66.6 Å². The standard InChI is InChI=1S/C30H33Cl3N2O7/c31-23-7-1-20(2-8-23)17-40-26(13-34-28(38)15-36)30(42-19-22-5-11-25(33)12-6-22)27(14-35-29(39)16-37)41-18-21-3-9-24(32)10-4-21/h1-12,26-27,30,36-37H,13-19H2,(H,34,38)(H,35,39)/t26-,27-/m1/s1. The van der Waals surface area contributed by atoms with Crippen molar-refractivity contribution in [2.45, 2.75) is 38.1 Å². The molecule has 0 saturated heterocycles. The molecule has 9 nitrogen and oxygen atoms in total. The highest BCUT2D eigenvalue weighted by Gasteiger charge is 2.33. The smallest absolute Gasteiger partial charge is 0.245 e. The zero-order chi connectivity index (χ0) is 30.3. The third-order valence-electron chi connectivity index (χ3n) is 6.13. The molecule has 42 heavy (non-hydrogen) atoms. The van der Waals surface area contributed by atoms with E-state index in [2.05, 4.69) is 10.6 Å². The van der Waals surface area contributed by atoms with Crippen LogP contribution in [0.5, 0.6) is 0 Å². The number of carbonyl (C=O) groups excluding carboxylic acids is 2. The van der Waals surface area contributed by atoms with Gasteiger partial charge < -0.3 is 35.1 Å². The SMILES string of the molecule is O=C(CO)NC[C@@H](OCc1ccc(Cl)cc1)C(OCc1ccc(Cl)cc1)[C@@H](CNC(=O)CO)OCc1ccc(Cl)cc1. The molecule has 0 heterocycles. The Labute approximate surface area is 259 Å². The Kier molecular flexibility index (Phi) is 14.5. The van der Waals surface area contributed by atoms with Gasteiger partial charge in [-0.05, 0) is 53.1 Å². The minimum absolute atomic E-state index is 0.0347. The van der Waals surface area contributed by atoms with Crippen LogP contribution in [-0.2, 0) is 43.6 Å². The number of hydrogen-bond donors (Lipinski definition) is 4. The topological polar surface area (TPSA) is 126 Å². The fourth-order valence-corrected chi connectivity index (χ4v) is 4.25. The summed E-state index contributed by atoms with van der Waals surface area (Å²) in [5.74, 6) is -1.20. The van der Waals surface area contributed by atoms with Crippen LogP contribution >= 0.6 is 34.8 Å². The second-order valence-electron chi connectivity index (χ2n) is 9.28. The van der Waals surface area contributed by atoms with Crippen molar-refractivity contribution in [2.24, 2.45) is 0 Å². The van der Waals surface area contributed by atoms with Crippen molar-refractivity contribution in [3.63, 3.8) is 0 Å². The molecule has 3 rings (SSSR count). The van der Waals surface area contributed by atoms with Gasteiger partial charge in [0.05, 0.1) is 19.8 Å². The predicted octanol–water partition coefficient (Wildman–Crippen LogP) is 3.92. The third kappa shape index (κ3) is 11.9. The van der Waals surface area contributed by atoms with E-state index < -0.39 is 43.3 Å². The molecule has 0 saturated carbocycles. The van der Waals surface area contributed by atoms with Crippen LogP contribution < -0.4 is 10.6 Å². The molecule has 0 aromatic heterocycles. The Bertz CT molecular complexity index is 1170. The summed E-state index contributed by atoms with van der Waals surface area (Å²) in [7, 11) is 0. The Morgan fingerprint density at radius 3 is 1.19 bits per heavy atom. The molecular weight excluding hydrogens is 607 g/mol. The lowest BCUT2D eigenvalue weighted by molar-refractivity contribution is -0.153. The van der Waals surface area contributed by atoms with Gasteiger partial charge in [0.1, 0.15) is 31.5 Å². The highest BCUT2D eigenvalue weighted by molar-refractivity contribution is 6.31. The molecule has 0 aliphatic heterocycles. The summed E-state index contributed by atoms with van der Waals surface area (Å²) in [5.41, 5.74) is 2.46. The van der Waals surface area contributed by atoms with Crippen LogP contribution in [0.1, 0.15) is 16.7 Å². The summed E-state index contributed by atoms with van der Waals surface area (Å²) in [6.07, 6.45) is -2.45. The van der Waals surface area contributed by atoms with Crippen LogP contribution in [0.3, 0.4) is 0 Å². The number of rotatable bonds is 17. The molecule has 12 heteroatoms. The van der Waals surface area contributed by atoms with Crippen molar-refractivity contribution >= 4 is 46.6 Å². The van der Waals surface area contributed by atoms with Crippen molar-refractivity contribution in [2.75, 3.05) is 26.3 Å². The van der Waals surface area contributed by atoms with Gasteiger partial charge in [-0.15, -0.1) is 0 Å². The van der Waals surface area contributed by atoms with Gasteiger partial charge in [-0.25, -0.2) is 0 Å². The van der Waals surface area contributed by atoms with Gasteiger partial charge in [-0.3, -0.25) is 9.59 Å². The minimum atomic E-state index is -0.849.